The van der Waals surface area contributed by atoms with Gasteiger partial charge in [-0.05, 0) is 19.3 Å². The number of nitrogens with zero attached hydrogens (tertiary/aromatic N) is 3. The first-order chi connectivity index (χ1) is 7.74. The minimum Gasteiger partial charge on any atom is -0.373 e. The summed E-state index contributed by atoms with van der Waals surface area (Å²) in [7, 11) is 3.99. The van der Waals surface area contributed by atoms with Crippen LogP contribution < -0.4 is 10.2 Å². The van der Waals surface area contributed by atoms with Crippen LogP contribution in [-0.4, -0.2) is 30.6 Å². The molecule has 0 amide bonds. The van der Waals surface area contributed by atoms with Gasteiger partial charge in [-0.2, -0.15) is 0 Å². The van der Waals surface area contributed by atoms with Crippen molar-refractivity contribution in [1.29, 1.82) is 0 Å². The Labute approximate surface area is 97.1 Å². The van der Waals surface area contributed by atoms with E-state index in [0.29, 0.717) is 5.92 Å². The molecule has 4 heteroatoms. The summed E-state index contributed by atoms with van der Waals surface area (Å²) in [5, 5.41) is 3.11. The van der Waals surface area contributed by atoms with Gasteiger partial charge >= 0.3 is 0 Å². The molecule has 1 aliphatic rings. The summed E-state index contributed by atoms with van der Waals surface area (Å²) in [5.74, 6) is 3.56. The third-order valence-corrected chi connectivity index (χ3v) is 2.88. The Bertz CT molecular complexity index is 360. The molecular weight excluding hydrogens is 200 g/mol. The van der Waals surface area contributed by atoms with Gasteiger partial charge in [0, 0.05) is 32.6 Å². The predicted octanol–water partition coefficient (Wildman–Crippen LogP) is 2.24. The van der Waals surface area contributed by atoms with E-state index in [0.717, 1.165) is 30.4 Å². The summed E-state index contributed by atoms with van der Waals surface area (Å²) in [6, 6.07) is 2.02. The Balaban J connectivity index is 2.25. The van der Waals surface area contributed by atoms with Gasteiger partial charge < -0.3 is 10.2 Å². The van der Waals surface area contributed by atoms with Crippen molar-refractivity contribution in [3.05, 3.63) is 11.9 Å². The van der Waals surface area contributed by atoms with Gasteiger partial charge in [-0.3, -0.25) is 0 Å². The molecule has 1 fully saturated rings. The molecule has 1 aromatic heterocycles. The molecular formula is C12H20N4. The van der Waals surface area contributed by atoms with Crippen LogP contribution in [0.3, 0.4) is 0 Å². The minimum absolute atomic E-state index is 0.599. The highest BCUT2D eigenvalue weighted by Gasteiger charge is 2.27. The smallest absolute Gasteiger partial charge is 0.136 e. The largest absolute Gasteiger partial charge is 0.373 e. The van der Waals surface area contributed by atoms with Crippen LogP contribution >= 0.6 is 0 Å². The molecule has 16 heavy (non-hydrogen) atoms. The fraction of sp³-hybridized carbons (Fsp3) is 0.667. The Hall–Kier alpha value is -1.32. The Morgan fingerprint density at radius 2 is 2.19 bits per heavy atom. The van der Waals surface area contributed by atoms with Crippen LogP contribution in [0.1, 0.15) is 37.9 Å². The molecule has 1 aliphatic carbocycles. The summed E-state index contributed by atoms with van der Waals surface area (Å²) in [4.78, 5) is 11.3. The van der Waals surface area contributed by atoms with E-state index in [1.54, 1.807) is 0 Å². The summed E-state index contributed by atoms with van der Waals surface area (Å²) < 4.78 is 0. The number of aromatic nitrogens is 2. The normalized spacial score (nSPS) is 14.9. The molecule has 0 bridgehead atoms. The van der Waals surface area contributed by atoms with E-state index in [2.05, 4.69) is 34.2 Å². The van der Waals surface area contributed by atoms with Gasteiger partial charge in [-0.25, -0.2) is 9.97 Å². The number of anilines is 2. The van der Waals surface area contributed by atoms with E-state index < -0.39 is 0 Å². The maximum absolute atomic E-state index is 4.64. The maximum Gasteiger partial charge on any atom is 0.136 e. The molecule has 0 unspecified atom stereocenters. The molecule has 0 atom stereocenters. The van der Waals surface area contributed by atoms with Gasteiger partial charge in [0.1, 0.15) is 17.5 Å². The fourth-order valence-electron chi connectivity index (χ4n) is 1.75. The summed E-state index contributed by atoms with van der Waals surface area (Å²) in [5.41, 5.74) is 0. The lowest BCUT2D eigenvalue weighted by Gasteiger charge is -2.18. The van der Waals surface area contributed by atoms with E-state index in [1.165, 1.54) is 12.8 Å². The van der Waals surface area contributed by atoms with Crippen molar-refractivity contribution < 1.29 is 0 Å². The molecule has 88 valence electrons. The van der Waals surface area contributed by atoms with Crippen LogP contribution in [0.25, 0.3) is 0 Å². The van der Waals surface area contributed by atoms with Gasteiger partial charge in [-0.1, -0.05) is 6.92 Å². The maximum atomic E-state index is 4.64. The first-order valence-electron chi connectivity index (χ1n) is 6.02. The molecule has 2 rings (SSSR count). The van der Waals surface area contributed by atoms with Crippen LogP contribution in [0.4, 0.5) is 11.6 Å². The van der Waals surface area contributed by atoms with E-state index in [4.69, 9.17) is 0 Å². The van der Waals surface area contributed by atoms with E-state index >= 15 is 0 Å². The predicted molar refractivity (Wildman–Crippen MR) is 67.1 cm³/mol. The molecule has 1 heterocycles. The van der Waals surface area contributed by atoms with Crippen molar-refractivity contribution in [2.24, 2.45) is 0 Å². The zero-order valence-electron chi connectivity index (χ0n) is 10.3. The van der Waals surface area contributed by atoms with Crippen LogP contribution in [-0.2, 0) is 0 Å². The van der Waals surface area contributed by atoms with Crippen LogP contribution in [0.2, 0.25) is 0 Å². The SMILES string of the molecule is CCCN(C)c1cc(NC)nc(C2CC2)n1. The van der Waals surface area contributed by atoms with Gasteiger partial charge in [-0.15, -0.1) is 0 Å². The highest BCUT2D eigenvalue weighted by atomic mass is 15.2. The van der Waals surface area contributed by atoms with Crippen molar-refractivity contribution >= 4 is 11.6 Å². The minimum atomic E-state index is 0.599. The number of nitrogens with one attached hydrogen (secondary N) is 1. The lowest BCUT2D eigenvalue weighted by Crippen LogP contribution is -2.20. The summed E-state index contributed by atoms with van der Waals surface area (Å²) in [6.07, 6.45) is 3.61. The second-order valence-electron chi connectivity index (χ2n) is 4.42. The molecule has 1 N–H and O–H groups in total. The second kappa shape index (κ2) is 4.68. The highest BCUT2D eigenvalue weighted by Crippen LogP contribution is 2.39. The quantitative estimate of drug-likeness (QED) is 0.826. The van der Waals surface area contributed by atoms with Crippen molar-refractivity contribution in [2.75, 3.05) is 30.9 Å². The molecule has 0 aromatic carbocycles. The highest BCUT2D eigenvalue weighted by molar-refractivity contribution is 5.49. The lowest BCUT2D eigenvalue weighted by molar-refractivity contribution is 0.819. The Morgan fingerprint density at radius 1 is 1.44 bits per heavy atom. The average molecular weight is 220 g/mol. The average Bonchev–Trinajstić information content (AvgIpc) is 3.12. The molecule has 4 nitrogen and oxygen atoms in total. The number of hydrogen-bond donors (Lipinski definition) is 1. The van der Waals surface area contributed by atoms with Crippen LogP contribution in [0.5, 0.6) is 0 Å². The summed E-state index contributed by atoms with van der Waals surface area (Å²) in [6.45, 7) is 3.21. The zero-order chi connectivity index (χ0) is 11.5. The van der Waals surface area contributed by atoms with E-state index in [9.17, 15) is 0 Å². The number of hydrogen-bond acceptors (Lipinski definition) is 4. The van der Waals surface area contributed by atoms with Crippen molar-refractivity contribution in [3.63, 3.8) is 0 Å². The zero-order valence-corrected chi connectivity index (χ0v) is 10.3. The lowest BCUT2D eigenvalue weighted by atomic mass is 10.3. The van der Waals surface area contributed by atoms with Crippen molar-refractivity contribution in [1.82, 2.24) is 9.97 Å². The van der Waals surface area contributed by atoms with E-state index in [1.807, 2.05) is 13.1 Å². The number of rotatable bonds is 5. The Kier molecular flexibility index (Phi) is 3.27. The Morgan fingerprint density at radius 3 is 2.75 bits per heavy atom. The second-order valence-corrected chi connectivity index (χ2v) is 4.42. The first kappa shape index (κ1) is 11.2. The first-order valence-corrected chi connectivity index (χ1v) is 6.02. The van der Waals surface area contributed by atoms with Gasteiger partial charge in [0.2, 0.25) is 0 Å². The van der Waals surface area contributed by atoms with Crippen LogP contribution in [0.15, 0.2) is 6.07 Å². The van der Waals surface area contributed by atoms with Gasteiger partial charge in [0.15, 0.2) is 0 Å². The third kappa shape index (κ3) is 2.43. The topological polar surface area (TPSA) is 41.0 Å². The molecule has 1 saturated carbocycles. The fourth-order valence-corrected chi connectivity index (χ4v) is 1.75. The van der Waals surface area contributed by atoms with Crippen molar-refractivity contribution in [2.45, 2.75) is 32.1 Å². The van der Waals surface area contributed by atoms with E-state index in [-0.39, 0.29) is 0 Å². The summed E-state index contributed by atoms with van der Waals surface area (Å²) >= 11 is 0. The molecule has 0 radical (unpaired) electrons. The van der Waals surface area contributed by atoms with Gasteiger partial charge in [0.25, 0.3) is 0 Å². The van der Waals surface area contributed by atoms with Crippen molar-refractivity contribution in [3.8, 4) is 0 Å². The third-order valence-electron chi connectivity index (χ3n) is 2.88. The standard InChI is InChI=1S/C12H20N4/c1-4-7-16(3)11-8-10(13-2)14-12(15-11)9-5-6-9/h8-9H,4-7H2,1-3H3,(H,13,14,15). The molecule has 0 saturated heterocycles. The van der Waals surface area contributed by atoms with Gasteiger partial charge in [0.05, 0.1) is 0 Å². The molecule has 0 aliphatic heterocycles. The molecule has 1 aromatic rings. The molecule has 0 spiro atoms. The monoisotopic (exact) mass is 220 g/mol. The van der Waals surface area contributed by atoms with Crippen LogP contribution in [0, 0.1) is 0 Å².